The highest BCUT2D eigenvalue weighted by Crippen LogP contribution is 2.34. The average molecular weight is 381 g/mol. The van der Waals surface area contributed by atoms with Gasteiger partial charge in [0.25, 0.3) is 0 Å². The number of ether oxygens (including phenoxy) is 3. The topological polar surface area (TPSA) is 104 Å². The minimum atomic E-state index is -3.64. The molecule has 0 atom stereocenters. The van der Waals surface area contributed by atoms with E-state index < -0.39 is 10.0 Å². The van der Waals surface area contributed by atoms with Gasteiger partial charge in [0.2, 0.25) is 10.0 Å². The fourth-order valence-electron chi connectivity index (χ4n) is 2.62. The maximum Gasteiger partial charge on any atom is 0.238 e. The van der Waals surface area contributed by atoms with Crippen LogP contribution in [0.3, 0.4) is 0 Å². The summed E-state index contributed by atoms with van der Waals surface area (Å²) in [7, 11) is 1.17. The molecule has 8 heteroatoms. The fourth-order valence-corrected chi connectivity index (χ4v) is 3.14. The van der Waals surface area contributed by atoms with Crippen LogP contribution in [0.4, 0.5) is 0 Å². The molecule has 26 heavy (non-hydrogen) atoms. The van der Waals surface area contributed by atoms with Crippen molar-refractivity contribution < 1.29 is 27.9 Å². The Kier molecular flexibility index (Phi) is 6.84. The Morgan fingerprint density at radius 3 is 2.04 bits per heavy atom. The van der Waals surface area contributed by atoms with E-state index in [2.05, 4.69) is 5.32 Å². The highest BCUT2D eigenvalue weighted by Gasteiger charge is 2.13. The zero-order chi connectivity index (χ0) is 19.2. The zero-order valence-electron chi connectivity index (χ0n) is 15.2. The Morgan fingerprint density at radius 1 is 0.923 bits per heavy atom. The van der Waals surface area contributed by atoms with E-state index in [0.29, 0.717) is 11.5 Å². The van der Waals surface area contributed by atoms with E-state index in [1.807, 2.05) is 12.1 Å². The summed E-state index contributed by atoms with van der Waals surface area (Å²) in [4.78, 5) is 0.125. The van der Waals surface area contributed by atoms with Crippen molar-refractivity contribution in [3.8, 4) is 17.2 Å². The summed E-state index contributed by atoms with van der Waals surface area (Å²) in [5.41, 5.74) is 2.06. The van der Waals surface area contributed by atoms with Gasteiger partial charge in [0.15, 0.2) is 11.5 Å². The molecule has 0 amide bonds. The Hall–Kier alpha value is -2.29. The Balaban J connectivity index is 1.95. The summed E-state index contributed by atoms with van der Waals surface area (Å²) in [5.74, 6) is 2.04. The standard InChI is InChI=1S/C18H24N2O5S/c1-23-16-11-18(25-3)17(24-2)10-14(16)12-20-9-8-13-4-6-15(7-5-13)26(19,21)22/h4-7,10-11,20H,8-9,12H2,1-3H3,(H2,19,21,22)/p+1. The Bertz CT molecular complexity index is 835. The van der Waals surface area contributed by atoms with Gasteiger partial charge in [-0.3, -0.25) is 0 Å². The van der Waals surface area contributed by atoms with Crippen LogP contribution in [0.15, 0.2) is 41.3 Å². The third kappa shape index (κ3) is 5.10. The summed E-state index contributed by atoms with van der Waals surface area (Å²) in [5, 5.41) is 7.25. The summed E-state index contributed by atoms with van der Waals surface area (Å²) in [6.45, 7) is 1.56. The van der Waals surface area contributed by atoms with Gasteiger partial charge in [0.1, 0.15) is 12.3 Å². The minimum absolute atomic E-state index is 0.125. The molecular weight excluding hydrogens is 356 g/mol. The molecule has 0 unspecified atom stereocenters. The van der Waals surface area contributed by atoms with Gasteiger partial charge in [-0.2, -0.15) is 0 Å². The molecule has 4 N–H and O–H groups in total. The van der Waals surface area contributed by atoms with Crippen LogP contribution in [0.1, 0.15) is 11.1 Å². The van der Waals surface area contributed by atoms with Gasteiger partial charge < -0.3 is 19.5 Å². The van der Waals surface area contributed by atoms with E-state index in [0.717, 1.165) is 36.4 Å². The van der Waals surface area contributed by atoms with Gasteiger partial charge in [0.05, 0.1) is 38.3 Å². The molecule has 142 valence electrons. The number of nitrogens with two attached hydrogens (primary N) is 2. The van der Waals surface area contributed by atoms with Crippen molar-refractivity contribution in [2.24, 2.45) is 5.14 Å². The van der Waals surface area contributed by atoms with Crippen molar-refractivity contribution in [1.29, 1.82) is 0 Å². The van der Waals surface area contributed by atoms with Crippen LogP contribution in [0.2, 0.25) is 0 Å². The second-order valence-electron chi connectivity index (χ2n) is 5.74. The lowest BCUT2D eigenvalue weighted by Crippen LogP contribution is -2.83. The van der Waals surface area contributed by atoms with Crippen LogP contribution in [0, 0.1) is 0 Å². The van der Waals surface area contributed by atoms with E-state index >= 15 is 0 Å². The number of hydrogen-bond acceptors (Lipinski definition) is 5. The molecule has 2 aromatic carbocycles. The fraction of sp³-hybridized carbons (Fsp3) is 0.333. The van der Waals surface area contributed by atoms with Gasteiger partial charge >= 0.3 is 0 Å². The first kappa shape index (κ1) is 20.0. The molecule has 0 aliphatic rings. The molecule has 0 radical (unpaired) electrons. The smallest absolute Gasteiger partial charge is 0.238 e. The van der Waals surface area contributed by atoms with E-state index in [-0.39, 0.29) is 4.90 Å². The second-order valence-corrected chi connectivity index (χ2v) is 7.30. The summed E-state index contributed by atoms with van der Waals surface area (Å²) in [6, 6.07) is 10.3. The SMILES string of the molecule is COc1cc(OC)c(OC)cc1C[NH2+]CCc1ccc(S(N)(=O)=O)cc1. The Labute approximate surface area is 154 Å². The van der Waals surface area contributed by atoms with Crippen molar-refractivity contribution >= 4 is 10.0 Å². The molecule has 0 heterocycles. The van der Waals surface area contributed by atoms with Crippen molar-refractivity contribution in [3.05, 3.63) is 47.5 Å². The molecule has 7 nitrogen and oxygen atoms in total. The molecule has 0 bridgehead atoms. The summed E-state index contributed by atoms with van der Waals surface area (Å²) in [6.07, 6.45) is 0.806. The molecule has 0 aliphatic heterocycles. The largest absolute Gasteiger partial charge is 0.496 e. The van der Waals surface area contributed by atoms with Crippen molar-refractivity contribution in [2.45, 2.75) is 17.9 Å². The first-order chi connectivity index (χ1) is 12.4. The molecule has 0 saturated carbocycles. The van der Waals surface area contributed by atoms with Crippen LogP contribution in [-0.4, -0.2) is 36.3 Å². The molecule has 0 aliphatic carbocycles. The van der Waals surface area contributed by atoms with Crippen molar-refractivity contribution in [2.75, 3.05) is 27.9 Å². The lowest BCUT2D eigenvalue weighted by atomic mass is 10.1. The predicted octanol–water partition coefficient (Wildman–Crippen LogP) is 0.666. The van der Waals surface area contributed by atoms with Crippen LogP contribution < -0.4 is 24.7 Å². The zero-order valence-corrected chi connectivity index (χ0v) is 16.0. The molecule has 0 spiro atoms. The quantitative estimate of drug-likeness (QED) is 0.621. The average Bonchev–Trinajstić information content (AvgIpc) is 2.64. The number of methoxy groups -OCH3 is 3. The molecule has 2 aromatic rings. The number of rotatable bonds is 9. The van der Waals surface area contributed by atoms with E-state index in [4.69, 9.17) is 19.3 Å². The van der Waals surface area contributed by atoms with Gasteiger partial charge in [0, 0.05) is 12.5 Å². The second kappa shape index (κ2) is 8.88. The first-order valence-corrected chi connectivity index (χ1v) is 9.66. The lowest BCUT2D eigenvalue weighted by molar-refractivity contribution is -0.670. The molecule has 2 rings (SSSR count). The predicted molar refractivity (Wildman–Crippen MR) is 98.1 cm³/mol. The lowest BCUT2D eigenvalue weighted by Gasteiger charge is -2.13. The van der Waals surface area contributed by atoms with E-state index in [1.165, 1.54) is 12.1 Å². The van der Waals surface area contributed by atoms with Gasteiger partial charge in [-0.25, -0.2) is 13.6 Å². The monoisotopic (exact) mass is 381 g/mol. The maximum atomic E-state index is 11.3. The van der Waals surface area contributed by atoms with Crippen LogP contribution >= 0.6 is 0 Å². The summed E-state index contributed by atoms with van der Waals surface area (Å²) < 4.78 is 38.6. The van der Waals surface area contributed by atoms with Crippen LogP contribution in [0.25, 0.3) is 0 Å². The number of benzene rings is 2. The minimum Gasteiger partial charge on any atom is -0.496 e. The molecular formula is C18H25N2O5S+. The van der Waals surface area contributed by atoms with Crippen molar-refractivity contribution in [3.63, 3.8) is 0 Å². The highest BCUT2D eigenvalue weighted by atomic mass is 32.2. The molecule has 0 saturated heterocycles. The normalized spacial score (nSPS) is 11.2. The maximum absolute atomic E-state index is 11.3. The first-order valence-electron chi connectivity index (χ1n) is 8.11. The number of sulfonamides is 1. The number of primary sulfonamides is 1. The number of quaternary nitrogens is 1. The van der Waals surface area contributed by atoms with Crippen LogP contribution in [-0.2, 0) is 23.0 Å². The highest BCUT2D eigenvalue weighted by molar-refractivity contribution is 7.89. The van der Waals surface area contributed by atoms with E-state index in [9.17, 15) is 8.42 Å². The summed E-state index contributed by atoms with van der Waals surface area (Å²) >= 11 is 0. The molecule has 0 fully saturated rings. The van der Waals surface area contributed by atoms with Gasteiger partial charge in [-0.1, -0.05) is 12.1 Å². The number of hydrogen-bond donors (Lipinski definition) is 2. The van der Waals surface area contributed by atoms with Gasteiger partial charge in [-0.05, 0) is 23.8 Å². The third-order valence-corrected chi connectivity index (χ3v) is 4.97. The third-order valence-electron chi connectivity index (χ3n) is 4.04. The van der Waals surface area contributed by atoms with Gasteiger partial charge in [-0.15, -0.1) is 0 Å². The van der Waals surface area contributed by atoms with Crippen LogP contribution in [0.5, 0.6) is 17.2 Å². The van der Waals surface area contributed by atoms with E-state index in [1.54, 1.807) is 33.5 Å². The van der Waals surface area contributed by atoms with Crippen molar-refractivity contribution in [1.82, 2.24) is 0 Å². The Morgan fingerprint density at radius 2 is 1.50 bits per heavy atom. The molecule has 0 aromatic heterocycles.